The second-order valence-electron chi connectivity index (χ2n) is 6.68. The molecule has 0 bridgehead atoms. The van der Waals surface area contributed by atoms with Crippen LogP contribution >= 0.6 is 11.3 Å². The highest BCUT2D eigenvalue weighted by molar-refractivity contribution is 7.15. The maximum atomic E-state index is 14.5. The third-order valence-corrected chi connectivity index (χ3v) is 6.01. The third-order valence-electron chi connectivity index (χ3n) is 4.85. The molecule has 27 heavy (non-hydrogen) atoms. The van der Waals surface area contributed by atoms with Gasteiger partial charge in [0, 0.05) is 29.2 Å². The van der Waals surface area contributed by atoms with E-state index in [0.717, 1.165) is 49.5 Å². The fourth-order valence-corrected chi connectivity index (χ4v) is 4.36. The van der Waals surface area contributed by atoms with Gasteiger partial charge in [0.1, 0.15) is 5.82 Å². The van der Waals surface area contributed by atoms with Gasteiger partial charge in [0.2, 0.25) is 0 Å². The summed E-state index contributed by atoms with van der Waals surface area (Å²) in [6, 6.07) is 8.75. The Hall–Kier alpha value is -2.28. The molecule has 0 radical (unpaired) electrons. The van der Waals surface area contributed by atoms with Gasteiger partial charge in [-0.3, -0.25) is 4.79 Å². The van der Waals surface area contributed by atoms with Crippen molar-refractivity contribution in [3.63, 3.8) is 0 Å². The largest absolute Gasteiger partial charge is 0.321 e. The average molecular weight is 383 g/mol. The van der Waals surface area contributed by atoms with Gasteiger partial charge in [-0.1, -0.05) is 12.2 Å². The number of nitrogens with one attached hydrogen (secondary N) is 3. The number of rotatable bonds is 4. The number of hydrogen-bond donors (Lipinski definition) is 3. The number of carbonyl (C=O) groups is 1. The lowest BCUT2D eigenvalue weighted by Crippen LogP contribution is -2.20. The molecule has 0 saturated heterocycles. The molecule has 0 unspecified atom stereocenters. The van der Waals surface area contributed by atoms with Crippen LogP contribution in [0, 0.1) is 5.82 Å². The van der Waals surface area contributed by atoms with E-state index in [0.29, 0.717) is 16.1 Å². The number of benzene rings is 1. The Morgan fingerprint density at radius 1 is 1.00 bits per heavy atom. The second-order valence-corrected chi connectivity index (χ2v) is 7.76. The molecule has 2 aliphatic rings. The number of anilines is 1. The van der Waals surface area contributed by atoms with Gasteiger partial charge < -0.3 is 16.0 Å². The number of hydrogen-bond acceptors (Lipinski definition) is 4. The Morgan fingerprint density at radius 2 is 1.74 bits per heavy atom. The molecular formula is C21H22FN3OS. The van der Waals surface area contributed by atoms with Gasteiger partial charge in [0.15, 0.2) is 0 Å². The number of thiophene rings is 1. The molecular weight excluding hydrogens is 361 g/mol. The maximum Gasteiger partial charge on any atom is 0.265 e. The molecule has 6 heteroatoms. The van der Waals surface area contributed by atoms with Crippen molar-refractivity contribution in [2.45, 2.75) is 12.8 Å². The maximum absolute atomic E-state index is 14.5. The number of carbonyl (C=O) groups excluding carboxylic acids is 1. The first-order chi connectivity index (χ1) is 13.2. The molecule has 2 aliphatic heterocycles. The van der Waals surface area contributed by atoms with Crippen LogP contribution in [0.5, 0.6) is 0 Å². The van der Waals surface area contributed by atoms with E-state index in [9.17, 15) is 9.18 Å². The molecule has 1 amide bonds. The first-order valence-corrected chi connectivity index (χ1v) is 10.0. The van der Waals surface area contributed by atoms with Crippen LogP contribution in [0.2, 0.25) is 0 Å². The summed E-state index contributed by atoms with van der Waals surface area (Å²) in [5.41, 5.74) is 3.39. The lowest BCUT2D eigenvalue weighted by Gasteiger charge is -2.15. The first kappa shape index (κ1) is 18.1. The van der Waals surface area contributed by atoms with E-state index < -0.39 is 0 Å². The molecule has 1 aromatic carbocycles. The van der Waals surface area contributed by atoms with Crippen LogP contribution in [0.1, 0.15) is 33.0 Å². The zero-order valence-corrected chi connectivity index (χ0v) is 15.8. The fraction of sp³-hybridized carbons (Fsp3) is 0.286. The SMILES string of the molecule is O=C(Nc1ccc(C2=CCNCC2)c(F)c1)c1ccc(C2=CCNCC2)s1. The molecule has 0 fully saturated rings. The summed E-state index contributed by atoms with van der Waals surface area (Å²) in [5.74, 6) is -0.498. The Morgan fingerprint density at radius 3 is 2.41 bits per heavy atom. The van der Waals surface area contributed by atoms with Crippen molar-refractivity contribution in [2.75, 3.05) is 31.5 Å². The van der Waals surface area contributed by atoms with Crippen LogP contribution in [0.25, 0.3) is 11.1 Å². The summed E-state index contributed by atoms with van der Waals surface area (Å²) in [6.45, 7) is 3.45. The van der Waals surface area contributed by atoms with Gasteiger partial charge >= 0.3 is 0 Å². The van der Waals surface area contributed by atoms with E-state index in [1.54, 1.807) is 12.1 Å². The Balaban J connectivity index is 1.46. The highest BCUT2D eigenvalue weighted by Crippen LogP contribution is 2.29. The molecule has 2 aromatic rings. The van der Waals surface area contributed by atoms with Crippen LogP contribution in [-0.4, -0.2) is 32.1 Å². The highest BCUT2D eigenvalue weighted by Gasteiger charge is 2.15. The van der Waals surface area contributed by atoms with Crippen molar-refractivity contribution in [3.05, 3.63) is 63.6 Å². The van der Waals surface area contributed by atoms with Gasteiger partial charge in [-0.05, 0) is 67.4 Å². The van der Waals surface area contributed by atoms with Crippen LogP contribution in [0.15, 0.2) is 42.5 Å². The van der Waals surface area contributed by atoms with E-state index in [1.807, 2.05) is 18.2 Å². The first-order valence-electron chi connectivity index (χ1n) is 9.22. The minimum atomic E-state index is -0.298. The van der Waals surface area contributed by atoms with Crippen molar-refractivity contribution in [3.8, 4) is 0 Å². The lowest BCUT2D eigenvalue weighted by atomic mass is 9.99. The van der Waals surface area contributed by atoms with Gasteiger partial charge in [0.05, 0.1) is 4.88 Å². The Bertz CT molecular complexity index is 916. The van der Waals surface area contributed by atoms with Crippen molar-refractivity contribution < 1.29 is 9.18 Å². The predicted octanol–water partition coefficient (Wildman–Crippen LogP) is 3.89. The molecule has 1 aromatic heterocycles. The van der Waals surface area contributed by atoms with Crippen LogP contribution in [-0.2, 0) is 0 Å². The third kappa shape index (κ3) is 4.18. The number of halogens is 1. The van der Waals surface area contributed by atoms with E-state index >= 15 is 0 Å². The Labute approximate surface area is 162 Å². The van der Waals surface area contributed by atoms with Crippen molar-refractivity contribution >= 4 is 34.1 Å². The fourth-order valence-electron chi connectivity index (χ4n) is 3.39. The van der Waals surface area contributed by atoms with Gasteiger partial charge in [0.25, 0.3) is 5.91 Å². The minimum Gasteiger partial charge on any atom is -0.321 e. The van der Waals surface area contributed by atoms with Crippen LogP contribution in [0.4, 0.5) is 10.1 Å². The van der Waals surface area contributed by atoms with E-state index in [4.69, 9.17) is 0 Å². The predicted molar refractivity (Wildman–Crippen MR) is 110 cm³/mol. The zero-order chi connectivity index (χ0) is 18.6. The normalized spacial score (nSPS) is 17.2. The summed E-state index contributed by atoms with van der Waals surface area (Å²) in [6.07, 6.45) is 5.97. The molecule has 140 valence electrons. The topological polar surface area (TPSA) is 53.2 Å². The van der Waals surface area contributed by atoms with Crippen molar-refractivity contribution in [2.24, 2.45) is 0 Å². The highest BCUT2D eigenvalue weighted by atomic mass is 32.1. The zero-order valence-electron chi connectivity index (χ0n) is 15.0. The summed E-state index contributed by atoms with van der Waals surface area (Å²) in [5, 5.41) is 9.32. The minimum absolute atomic E-state index is 0.200. The molecule has 3 N–H and O–H groups in total. The summed E-state index contributed by atoms with van der Waals surface area (Å²) >= 11 is 1.48. The Kier molecular flexibility index (Phi) is 5.48. The molecule has 0 atom stereocenters. The molecule has 3 heterocycles. The monoisotopic (exact) mass is 383 g/mol. The van der Waals surface area contributed by atoms with E-state index in [1.165, 1.54) is 23.0 Å². The second kappa shape index (κ2) is 8.17. The standard InChI is InChI=1S/C21H22FN3OS/c22-18-13-16(1-2-17(18)14-5-9-23-10-6-14)25-21(26)20-4-3-19(27-20)15-7-11-24-12-8-15/h1-5,7,13,23-24H,6,8-12H2,(H,25,26). The average Bonchev–Trinajstić information content (AvgIpc) is 3.20. The van der Waals surface area contributed by atoms with Gasteiger partial charge in [-0.2, -0.15) is 0 Å². The van der Waals surface area contributed by atoms with Crippen LogP contribution < -0.4 is 16.0 Å². The van der Waals surface area contributed by atoms with Crippen molar-refractivity contribution in [1.82, 2.24) is 10.6 Å². The number of amides is 1. The molecule has 0 spiro atoms. The smallest absolute Gasteiger partial charge is 0.265 e. The molecule has 0 aliphatic carbocycles. The summed E-state index contributed by atoms with van der Waals surface area (Å²) in [7, 11) is 0. The molecule has 4 nitrogen and oxygen atoms in total. The van der Waals surface area contributed by atoms with Gasteiger partial charge in [-0.25, -0.2) is 4.39 Å². The quantitative estimate of drug-likeness (QED) is 0.751. The lowest BCUT2D eigenvalue weighted by molar-refractivity contribution is 0.103. The van der Waals surface area contributed by atoms with E-state index in [2.05, 4.69) is 22.0 Å². The molecule has 0 saturated carbocycles. The van der Waals surface area contributed by atoms with Gasteiger partial charge in [-0.15, -0.1) is 11.3 Å². The summed E-state index contributed by atoms with van der Waals surface area (Å²) in [4.78, 5) is 14.3. The van der Waals surface area contributed by atoms with Crippen molar-refractivity contribution in [1.29, 1.82) is 0 Å². The van der Waals surface area contributed by atoms with Crippen LogP contribution in [0.3, 0.4) is 0 Å². The summed E-state index contributed by atoms with van der Waals surface area (Å²) < 4.78 is 14.5. The molecule has 4 rings (SSSR count). The van der Waals surface area contributed by atoms with E-state index in [-0.39, 0.29) is 11.7 Å².